The molecule has 0 fully saturated rings. The van der Waals surface area contributed by atoms with E-state index < -0.39 is 0 Å². The molecule has 21 heavy (non-hydrogen) atoms. The Morgan fingerprint density at radius 3 is 2.19 bits per heavy atom. The van der Waals surface area contributed by atoms with E-state index in [1.165, 1.54) is 0 Å². The SMILES string of the molecule is COc1cc(NC(=O)Nc2ccccc2Br)cc(OC)c1. The van der Waals surface area contributed by atoms with Gasteiger partial charge in [0.15, 0.2) is 0 Å². The zero-order valence-electron chi connectivity index (χ0n) is 11.6. The van der Waals surface area contributed by atoms with Gasteiger partial charge < -0.3 is 20.1 Å². The van der Waals surface area contributed by atoms with Gasteiger partial charge in [-0.2, -0.15) is 0 Å². The van der Waals surface area contributed by atoms with Crippen molar-refractivity contribution in [1.82, 2.24) is 0 Å². The van der Waals surface area contributed by atoms with Crippen LogP contribution >= 0.6 is 15.9 Å². The second-order valence-corrected chi connectivity index (χ2v) is 5.01. The number of ether oxygens (including phenoxy) is 2. The number of para-hydroxylation sites is 1. The summed E-state index contributed by atoms with van der Waals surface area (Å²) in [7, 11) is 3.11. The van der Waals surface area contributed by atoms with Gasteiger partial charge in [0.2, 0.25) is 0 Å². The third-order valence-electron chi connectivity index (χ3n) is 2.73. The molecule has 0 saturated carbocycles. The van der Waals surface area contributed by atoms with E-state index in [0.717, 1.165) is 4.47 Å². The molecule has 6 heteroatoms. The second-order valence-electron chi connectivity index (χ2n) is 4.16. The smallest absolute Gasteiger partial charge is 0.323 e. The normalized spacial score (nSPS) is 9.86. The van der Waals surface area contributed by atoms with E-state index in [-0.39, 0.29) is 6.03 Å². The average molecular weight is 351 g/mol. The lowest BCUT2D eigenvalue weighted by Crippen LogP contribution is -2.19. The van der Waals surface area contributed by atoms with E-state index in [4.69, 9.17) is 9.47 Å². The maximum atomic E-state index is 12.0. The fraction of sp³-hybridized carbons (Fsp3) is 0.133. The highest BCUT2D eigenvalue weighted by atomic mass is 79.9. The van der Waals surface area contributed by atoms with Gasteiger partial charge in [0.1, 0.15) is 11.5 Å². The predicted octanol–water partition coefficient (Wildman–Crippen LogP) is 4.11. The minimum Gasteiger partial charge on any atom is -0.497 e. The number of hydrogen-bond acceptors (Lipinski definition) is 3. The first-order chi connectivity index (χ1) is 10.1. The molecule has 0 aliphatic carbocycles. The molecule has 2 amide bonds. The number of benzene rings is 2. The summed E-state index contributed by atoms with van der Waals surface area (Å²) in [6.07, 6.45) is 0. The van der Waals surface area contributed by atoms with Crippen LogP contribution in [0.15, 0.2) is 46.9 Å². The van der Waals surface area contributed by atoms with Gasteiger partial charge in [-0.05, 0) is 28.1 Å². The number of amides is 2. The van der Waals surface area contributed by atoms with Gasteiger partial charge in [0.05, 0.1) is 19.9 Å². The molecule has 0 spiro atoms. The van der Waals surface area contributed by atoms with Crippen molar-refractivity contribution in [2.75, 3.05) is 24.9 Å². The first kappa shape index (κ1) is 15.2. The lowest BCUT2D eigenvalue weighted by atomic mass is 10.3. The molecule has 5 nitrogen and oxygen atoms in total. The van der Waals surface area contributed by atoms with Gasteiger partial charge >= 0.3 is 6.03 Å². The van der Waals surface area contributed by atoms with Gasteiger partial charge in [-0.15, -0.1) is 0 Å². The van der Waals surface area contributed by atoms with Crippen LogP contribution < -0.4 is 20.1 Å². The highest BCUT2D eigenvalue weighted by Crippen LogP contribution is 2.26. The molecule has 0 unspecified atom stereocenters. The van der Waals surface area contributed by atoms with E-state index in [9.17, 15) is 4.79 Å². The zero-order chi connectivity index (χ0) is 15.2. The van der Waals surface area contributed by atoms with Crippen molar-refractivity contribution in [2.45, 2.75) is 0 Å². The number of anilines is 2. The molecule has 0 saturated heterocycles. The Balaban J connectivity index is 2.11. The summed E-state index contributed by atoms with van der Waals surface area (Å²) < 4.78 is 11.1. The quantitative estimate of drug-likeness (QED) is 0.872. The number of rotatable bonds is 4. The largest absolute Gasteiger partial charge is 0.497 e. The maximum Gasteiger partial charge on any atom is 0.323 e. The van der Waals surface area contributed by atoms with E-state index in [2.05, 4.69) is 26.6 Å². The fourth-order valence-electron chi connectivity index (χ4n) is 1.73. The van der Waals surface area contributed by atoms with Gasteiger partial charge in [-0.3, -0.25) is 0 Å². The molecule has 0 aliphatic rings. The minimum atomic E-state index is -0.350. The summed E-state index contributed by atoms with van der Waals surface area (Å²) in [6.45, 7) is 0. The van der Waals surface area contributed by atoms with Crippen molar-refractivity contribution in [1.29, 1.82) is 0 Å². The Morgan fingerprint density at radius 2 is 1.62 bits per heavy atom. The Morgan fingerprint density at radius 1 is 1.00 bits per heavy atom. The molecule has 2 aromatic rings. The molecule has 0 atom stereocenters. The van der Waals surface area contributed by atoms with E-state index in [1.807, 2.05) is 18.2 Å². The lowest BCUT2D eigenvalue weighted by Gasteiger charge is -2.11. The van der Waals surface area contributed by atoms with Crippen LogP contribution in [0.2, 0.25) is 0 Å². The van der Waals surface area contributed by atoms with E-state index in [1.54, 1.807) is 38.5 Å². The fourth-order valence-corrected chi connectivity index (χ4v) is 2.11. The van der Waals surface area contributed by atoms with Crippen LogP contribution in [0.1, 0.15) is 0 Å². The first-order valence-electron chi connectivity index (χ1n) is 6.18. The number of halogens is 1. The highest BCUT2D eigenvalue weighted by molar-refractivity contribution is 9.10. The predicted molar refractivity (Wildman–Crippen MR) is 86.3 cm³/mol. The molecule has 2 rings (SSSR count). The summed E-state index contributed by atoms with van der Waals surface area (Å²) in [4.78, 5) is 12.0. The number of methoxy groups -OCH3 is 2. The molecular formula is C15H15BrN2O3. The number of hydrogen-bond donors (Lipinski definition) is 2. The summed E-state index contributed by atoms with van der Waals surface area (Å²) in [5.74, 6) is 1.20. The Labute approximate surface area is 131 Å². The van der Waals surface area contributed by atoms with Crippen LogP contribution in [0.25, 0.3) is 0 Å². The van der Waals surface area contributed by atoms with Gasteiger partial charge in [-0.1, -0.05) is 12.1 Å². The maximum absolute atomic E-state index is 12.0. The number of urea groups is 1. The molecular weight excluding hydrogens is 336 g/mol. The number of nitrogens with one attached hydrogen (secondary N) is 2. The Kier molecular flexibility index (Phi) is 5.05. The van der Waals surface area contributed by atoms with Crippen molar-refractivity contribution >= 4 is 33.3 Å². The van der Waals surface area contributed by atoms with Gasteiger partial charge in [0.25, 0.3) is 0 Å². The van der Waals surface area contributed by atoms with Crippen LogP contribution in [0.5, 0.6) is 11.5 Å². The van der Waals surface area contributed by atoms with E-state index in [0.29, 0.717) is 22.9 Å². The summed E-state index contributed by atoms with van der Waals surface area (Å²) in [6, 6.07) is 12.2. The Bertz CT molecular complexity index is 624. The molecule has 0 heterocycles. The first-order valence-corrected chi connectivity index (χ1v) is 6.97. The van der Waals surface area contributed by atoms with Crippen molar-refractivity contribution in [2.24, 2.45) is 0 Å². The third kappa shape index (κ3) is 4.13. The molecule has 0 aliphatic heterocycles. The van der Waals surface area contributed by atoms with E-state index >= 15 is 0 Å². The molecule has 2 aromatic carbocycles. The molecule has 0 bridgehead atoms. The van der Waals surface area contributed by atoms with Crippen molar-refractivity contribution < 1.29 is 14.3 Å². The van der Waals surface area contributed by atoms with Crippen LogP contribution in [-0.4, -0.2) is 20.3 Å². The van der Waals surface area contributed by atoms with Gasteiger partial charge in [0, 0.05) is 28.4 Å². The van der Waals surface area contributed by atoms with Crippen LogP contribution in [0.3, 0.4) is 0 Å². The summed E-state index contributed by atoms with van der Waals surface area (Å²) in [5, 5.41) is 5.49. The summed E-state index contributed by atoms with van der Waals surface area (Å²) in [5.41, 5.74) is 1.26. The average Bonchev–Trinajstić information content (AvgIpc) is 2.49. The van der Waals surface area contributed by atoms with Gasteiger partial charge in [-0.25, -0.2) is 4.79 Å². The molecule has 2 N–H and O–H groups in total. The van der Waals surface area contributed by atoms with Crippen molar-refractivity contribution in [3.8, 4) is 11.5 Å². The molecule has 0 aromatic heterocycles. The van der Waals surface area contributed by atoms with Crippen LogP contribution in [0, 0.1) is 0 Å². The van der Waals surface area contributed by atoms with Crippen molar-refractivity contribution in [3.63, 3.8) is 0 Å². The highest BCUT2D eigenvalue weighted by Gasteiger charge is 2.07. The molecule has 0 radical (unpaired) electrons. The Hall–Kier alpha value is -2.21. The molecule has 110 valence electrons. The van der Waals surface area contributed by atoms with Crippen LogP contribution in [-0.2, 0) is 0 Å². The summed E-state index contributed by atoms with van der Waals surface area (Å²) >= 11 is 3.37. The van der Waals surface area contributed by atoms with Crippen LogP contribution in [0.4, 0.5) is 16.2 Å². The second kappa shape index (κ2) is 6.99. The topological polar surface area (TPSA) is 59.6 Å². The number of carbonyl (C=O) groups is 1. The van der Waals surface area contributed by atoms with Crippen molar-refractivity contribution in [3.05, 3.63) is 46.9 Å². The zero-order valence-corrected chi connectivity index (χ0v) is 13.2. The monoisotopic (exact) mass is 350 g/mol. The third-order valence-corrected chi connectivity index (χ3v) is 3.42. The number of carbonyl (C=O) groups excluding carboxylic acids is 1. The lowest BCUT2D eigenvalue weighted by molar-refractivity contribution is 0.262. The standard InChI is InChI=1S/C15H15BrN2O3/c1-20-11-7-10(8-12(9-11)21-2)17-15(19)18-14-6-4-3-5-13(14)16/h3-9H,1-2H3,(H2,17,18,19). The minimum absolute atomic E-state index is 0.350.